The average molecular weight is 284 g/mol. The van der Waals surface area contributed by atoms with E-state index in [4.69, 9.17) is 14.7 Å². The van der Waals surface area contributed by atoms with Crippen molar-refractivity contribution in [3.8, 4) is 0 Å². The van der Waals surface area contributed by atoms with Gasteiger partial charge in [0.1, 0.15) is 5.76 Å². The number of furan rings is 1. The highest BCUT2D eigenvalue weighted by molar-refractivity contribution is 5.99. The van der Waals surface area contributed by atoms with Crippen LogP contribution in [0.4, 0.5) is 0 Å². The summed E-state index contributed by atoms with van der Waals surface area (Å²) in [5, 5.41) is 21.6. The van der Waals surface area contributed by atoms with Crippen LogP contribution in [0.1, 0.15) is 21.9 Å². The van der Waals surface area contributed by atoms with Crippen molar-refractivity contribution in [2.45, 2.75) is 6.54 Å². The molecule has 106 valence electrons. The number of aromatic carboxylic acids is 1. The number of oxime groups is 1. The third kappa shape index (κ3) is 2.38. The first kappa shape index (κ1) is 13.0. The van der Waals surface area contributed by atoms with Crippen molar-refractivity contribution in [3.63, 3.8) is 0 Å². The summed E-state index contributed by atoms with van der Waals surface area (Å²) >= 11 is 0. The number of para-hydroxylation sites is 1. The molecule has 0 atom stereocenters. The molecule has 0 amide bonds. The summed E-state index contributed by atoms with van der Waals surface area (Å²) < 4.78 is 7.18. The second kappa shape index (κ2) is 5.16. The van der Waals surface area contributed by atoms with Gasteiger partial charge in [-0.05, 0) is 18.2 Å². The maximum atomic E-state index is 10.8. The first-order valence-corrected chi connectivity index (χ1v) is 6.26. The lowest BCUT2D eigenvalue weighted by Gasteiger charge is -2.02. The SMILES string of the molecule is O=C(O)c1ccc(Cn2cc(C=NO)c3ccccc32)o1. The number of carboxylic acid groups (broad SMARTS) is 1. The maximum Gasteiger partial charge on any atom is 0.371 e. The van der Waals surface area contributed by atoms with Crippen LogP contribution in [0.5, 0.6) is 0 Å². The van der Waals surface area contributed by atoms with Gasteiger partial charge in [0.15, 0.2) is 0 Å². The van der Waals surface area contributed by atoms with Crippen molar-refractivity contribution >= 4 is 23.1 Å². The Morgan fingerprint density at radius 1 is 1.29 bits per heavy atom. The molecule has 0 saturated heterocycles. The van der Waals surface area contributed by atoms with Crippen molar-refractivity contribution in [2.75, 3.05) is 0 Å². The highest BCUT2D eigenvalue weighted by atomic mass is 16.4. The molecule has 3 aromatic rings. The van der Waals surface area contributed by atoms with E-state index in [1.807, 2.05) is 35.0 Å². The van der Waals surface area contributed by atoms with Crippen molar-refractivity contribution in [2.24, 2.45) is 5.16 Å². The summed E-state index contributed by atoms with van der Waals surface area (Å²) in [6.07, 6.45) is 3.19. The van der Waals surface area contributed by atoms with Gasteiger partial charge < -0.3 is 19.3 Å². The molecule has 3 rings (SSSR count). The minimum atomic E-state index is -1.09. The Kier molecular flexibility index (Phi) is 3.19. The number of rotatable bonds is 4. The molecule has 0 unspecified atom stereocenters. The number of fused-ring (bicyclic) bond motifs is 1. The Morgan fingerprint density at radius 2 is 2.10 bits per heavy atom. The van der Waals surface area contributed by atoms with E-state index in [0.29, 0.717) is 12.3 Å². The van der Waals surface area contributed by atoms with Crippen LogP contribution in [-0.2, 0) is 6.54 Å². The van der Waals surface area contributed by atoms with Gasteiger partial charge in [-0.2, -0.15) is 0 Å². The van der Waals surface area contributed by atoms with Gasteiger partial charge in [0.2, 0.25) is 5.76 Å². The third-order valence-electron chi connectivity index (χ3n) is 3.21. The summed E-state index contributed by atoms with van der Waals surface area (Å²) in [6.45, 7) is 0.396. The minimum Gasteiger partial charge on any atom is -0.475 e. The molecule has 21 heavy (non-hydrogen) atoms. The largest absolute Gasteiger partial charge is 0.475 e. The summed E-state index contributed by atoms with van der Waals surface area (Å²) in [5.74, 6) is -0.633. The van der Waals surface area contributed by atoms with E-state index < -0.39 is 5.97 Å². The lowest BCUT2D eigenvalue weighted by molar-refractivity contribution is 0.0660. The van der Waals surface area contributed by atoms with E-state index >= 15 is 0 Å². The average Bonchev–Trinajstić information content (AvgIpc) is 3.07. The second-order valence-corrected chi connectivity index (χ2v) is 4.55. The van der Waals surface area contributed by atoms with E-state index in [9.17, 15) is 4.79 Å². The predicted molar refractivity (Wildman–Crippen MR) is 76.1 cm³/mol. The summed E-state index contributed by atoms with van der Waals surface area (Å²) in [5.41, 5.74) is 1.72. The minimum absolute atomic E-state index is 0.0846. The van der Waals surface area contributed by atoms with Gasteiger partial charge in [-0.25, -0.2) is 4.79 Å². The number of nitrogens with zero attached hydrogens (tertiary/aromatic N) is 2. The van der Waals surface area contributed by atoms with Crippen molar-refractivity contribution in [1.82, 2.24) is 4.57 Å². The zero-order valence-electron chi connectivity index (χ0n) is 10.9. The van der Waals surface area contributed by atoms with Gasteiger partial charge in [-0.1, -0.05) is 23.4 Å². The molecule has 2 heterocycles. The summed E-state index contributed by atoms with van der Waals surface area (Å²) in [6, 6.07) is 10.7. The number of benzene rings is 1. The third-order valence-corrected chi connectivity index (χ3v) is 3.21. The Hall–Kier alpha value is -3.02. The van der Waals surface area contributed by atoms with Crippen molar-refractivity contribution < 1.29 is 19.5 Å². The summed E-state index contributed by atoms with van der Waals surface area (Å²) in [7, 11) is 0. The fraction of sp³-hybridized carbons (Fsp3) is 0.0667. The monoisotopic (exact) mass is 284 g/mol. The number of hydrogen-bond acceptors (Lipinski definition) is 4. The summed E-state index contributed by atoms with van der Waals surface area (Å²) in [4.78, 5) is 10.8. The molecule has 0 fully saturated rings. The van der Waals surface area contributed by atoms with Crippen molar-refractivity contribution in [1.29, 1.82) is 0 Å². The lowest BCUT2D eigenvalue weighted by Crippen LogP contribution is -1.97. The Bertz CT molecular complexity index is 829. The molecule has 2 N–H and O–H groups in total. The lowest BCUT2D eigenvalue weighted by atomic mass is 10.2. The zero-order valence-corrected chi connectivity index (χ0v) is 10.9. The van der Waals surface area contributed by atoms with Crippen LogP contribution in [-0.4, -0.2) is 27.1 Å². The first-order chi connectivity index (χ1) is 10.2. The molecule has 2 aromatic heterocycles. The number of hydrogen-bond donors (Lipinski definition) is 2. The topological polar surface area (TPSA) is 88.0 Å². The van der Waals surface area contributed by atoms with Crippen LogP contribution in [0.25, 0.3) is 10.9 Å². The zero-order chi connectivity index (χ0) is 14.8. The van der Waals surface area contributed by atoms with Crippen LogP contribution in [0.2, 0.25) is 0 Å². The fourth-order valence-corrected chi connectivity index (χ4v) is 2.32. The van der Waals surface area contributed by atoms with Gasteiger partial charge in [0.25, 0.3) is 0 Å². The second-order valence-electron chi connectivity index (χ2n) is 4.55. The molecular formula is C15H12N2O4. The molecule has 6 heteroatoms. The Balaban J connectivity index is 2.01. The van der Waals surface area contributed by atoms with E-state index in [1.165, 1.54) is 12.3 Å². The van der Waals surface area contributed by atoms with Crippen LogP contribution >= 0.6 is 0 Å². The van der Waals surface area contributed by atoms with Gasteiger partial charge in [0, 0.05) is 22.7 Å². The Morgan fingerprint density at radius 3 is 2.81 bits per heavy atom. The smallest absolute Gasteiger partial charge is 0.371 e. The van der Waals surface area contributed by atoms with Crippen LogP contribution < -0.4 is 0 Å². The molecule has 0 aliphatic rings. The van der Waals surface area contributed by atoms with E-state index in [0.717, 1.165) is 16.5 Å². The highest BCUT2D eigenvalue weighted by Crippen LogP contribution is 2.21. The van der Waals surface area contributed by atoms with Crippen LogP contribution in [0.15, 0.2) is 52.2 Å². The molecule has 0 radical (unpaired) electrons. The quantitative estimate of drug-likeness (QED) is 0.438. The first-order valence-electron chi connectivity index (χ1n) is 6.26. The Labute approximate surface area is 119 Å². The van der Waals surface area contributed by atoms with Gasteiger partial charge in [-0.15, -0.1) is 0 Å². The molecule has 0 spiro atoms. The number of carbonyl (C=O) groups is 1. The van der Waals surface area contributed by atoms with Crippen molar-refractivity contribution in [3.05, 3.63) is 59.7 Å². The molecule has 1 aromatic carbocycles. The number of aromatic nitrogens is 1. The number of carboxylic acids is 1. The van der Waals surface area contributed by atoms with Crippen LogP contribution in [0, 0.1) is 0 Å². The van der Waals surface area contributed by atoms with E-state index in [2.05, 4.69) is 5.16 Å². The van der Waals surface area contributed by atoms with Gasteiger partial charge in [-0.3, -0.25) is 0 Å². The van der Waals surface area contributed by atoms with Crippen LogP contribution in [0.3, 0.4) is 0 Å². The highest BCUT2D eigenvalue weighted by Gasteiger charge is 2.11. The molecule has 0 bridgehead atoms. The molecular weight excluding hydrogens is 272 g/mol. The standard InChI is InChI=1S/C15H12N2O4/c18-15(19)14-6-5-11(21-14)9-17-8-10(7-16-20)12-3-1-2-4-13(12)17/h1-8,20H,9H2,(H,18,19). The maximum absolute atomic E-state index is 10.8. The van der Waals surface area contributed by atoms with Gasteiger partial charge >= 0.3 is 5.97 Å². The normalized spacial score (nSPS) is 11.4. The van der Waals surface area contributed by atoms with Gasteiger partial charge in [0.05, 0.1) is 12.8 Å². The van der Waals surface area contributed by atoms with E-state index in [1.54, 1.807) is 6.07 Å². The predicted octanol–water partition coefficient (Wildman–Crippen LogP) is 2.79. The molecule has 6 nitrogen and oxygen atoms in total. The molecule has 0 aliphatic carbocycles. The van der Waals surface area contributed by atoms with E-state index in [-0.39, 0.29) is 5.76 Å². The fourth-order valence-electron chi connectivity index (χ4n) is 2.32. The molecule has 0 saturated carbocycles. The molecule has 0 aliphatic heterocycles.